The maximum absolute atomic E-state index is 2.78. The van der Waals surface area contributed by atoms with Crippen molar-refractivity contribution in [1.29, 1.82) is 0 Å². The number of hydrogen-bond donors (Lipinski definition) is 0. The Balaban J connectivity index is 1.78. The van der Waals surface area contributed by atoms with Crippen LogP contribution in [0.1, 0.15) is 52.9 Å². The van der Waals surface area contributed by atoms with Gasteiger partial charge in [-0.25, -0.2) is 0 Å². The van der Waals surface area contributed by atoms with Crippen LogP contribution in [0.4, 0.5) is 0 Å². The van der Waals surface area contributed by atoms with Crippen molar-refractivity contribution in [2.75, 3.05) is 32.7 Å². The van der Waals surface area contributed by atoms with Crippen LogP contribution in [-0.2, 0) is 0 Å². The Bertz CT molecular complexity index is 223. The summed E-state index contributed by atoms with van der Waals surface area (Å²) in [5.41, 5.74) is 0.640. The normalized spacial score (nSPS) is 28.4. The number of piperidine rings is 2. The molecule has 2 heterocycles. The van der Waals surface area contributed by atoms with E-state index >= 15 is 0 Å². The zero-order valence-corrected chi connectivity index (χ0v) is 12.0. The SMILES string of the molecule is CCN1CCC(N2CCC(C)(CC)CC2)CC1. The molecule has 2 nitrogen and oxygen atoms in total. The van der Waals surface area contributed by atoms with Crippen molar-refractivity contribution in [2.45, 2.75) is 58.9 Å². The first-order valence-electron chi connectivity index (χ1n) is 7.63. The molecule has 0 amide bonds. The van der Waals surface area contributed by atoms with Gasteiger partial charge >= 0.3 is 0 Å². The van der Waals surface area contributed by atoms with Crippen molar-refractivity contribution in [1.82, 2.24) is 9.80 Å². The maximum atomic E-state index is 2.78. The van der Waals surface area contributed by atoms with Crippen LogP contribution in [-0.4, -0.2) is 48.6 Å². The lowest BCUT2D eigenvalue weighted by molar-refractivity contribution is 0.0496. The summed E-state index contributed by atoms with van der Waals surface area (Å²) in [4.78, 5) is 5.38. The molecule has 2 heteroatoms. The Labute approximate surface area is 107 Å². The van der Waals surface area contributed by atoms with E-state index in [1.54, 1.807) is 0 Å². The molecular weight excluding hydrogens is 208 g/mol. The number of rotatable bonds is 3. The monoisotopic (exact) mass is 238 g/mol. The fraction of sp³-hybridized carbons (Fsp3) is 1.00. The summed E-state index contributed by atoms with van der Waals surface area (Å²) >= 11 is 0. The van der Waals surface area contributed by atoms with Crippen LogP contribution in [0.5, 0.6) is 0 Å². The van der Waals surface area contributed by atoms with Crippen LogP contribution in [0.25, 0.3) is 0 Å². The predicted molar refractivity (Wildman–Crippen MR) is 74.3 cm³/mol. The minimum Gasteiger partial charge on any atom is -0.303 e. The molecule has 0 N–H and O–H groups in total. The van der Waals surface area contributed by atoms with Gasteiger partial charge in [0.25, 0.3) is 0 Å². The van der Waals surface area contributed by atoms with Gasteiger partial charge < -0.3 is 9.80 Å². The lowest BCUT2D eigenvalue weighted by Crippen LogP contribution is -2.49. The minimum atomic E-state index is 0.640. The fourth-order valence-corrected chi connectivity index (χ4v) is 3.38. The van der Waals surface area contributed by atoms with Crippen molar-refractivity contribution in [3.63, 3.8) is 0 Å². The molecule has 0 aromatic rings. The minimum absolute atomic E-state index is 0.640. The third-order valence-electron chi connectivity index (χ3n) is 5.38. The van der Waals surface area contributed by atoms with Crippen LogP contribution in [0.2, 0.25) is 0 Å². The third kappa shape index (κ3) is 3.23. The summed E-state index contributed by atoms with van der Waals surface area (Å²) in [6.07, 6.45) is 6.98. The molecule has 0 unspecified atom stereocenters. The van der Waals surface area contributed by atoms with Crippen molar-refractivity contribution in [2.24, 2.45) is 5.41 Å². The van der Waals surface area contributed by atoms with Crippen LogP contribution >= 0.6 is 0 Å². The number of nitrogens with zero attached hydrogens (tertiary/aromatic N) is 2. The Morgan fingerprint density at radius 2 is 1.59 bits per heavy atom. The molecular formula is C15H30N2. The lowest BCUT2D eigenvalue weighted by Gasteiger charge is -2.44. The Kier molecular flexibility index (Phi) is 4.48. The highest BCUT2D eigenvalue weighted by molar-refractivity contribution is 4.86. The molecule has 0 aromatic heterocycles. The molecule has 0 saturated carbocycles. The summed E-state index contributed by atoms with van der Waals surface area (Å²) in [7, 11) is 0. The molecule has 2 aliphatic rings. The first kappa shape index (κ1) is 13.4. The average Bonchev–Trinajstić information content (AvgIpc) is 2.40. The Morgan fingerprint density at radius 1 is 1.00 bits per heavy atom. The molecule has 17 heavy (non-hydrogen) atoms. The van der Waals surface area contributed by atoms with Gasteiger partial charge in [0, 0.05) is 6.04 Å². The van der Waals surface area contributed by atoms with Gasteiger partial charge in [-0.3, -0.25) is 0 Å². The second-order valence-corrected chi connectivity index (χ2v) is 6.37. The summed E-state index contributed by atoms with van der Waals surface area (Å²) in [5.74, 6) is 0. The zero-order chi connectivity index (χ0) is 12.3. The topological polar surface area (TPSA) is 6.48 Å². The van der Waals surface area contributed by atoms with E-state index in [0.717, 1.165) is 6.04 Å². The molecule has 0 aromatic carbocycles. The maximum Gasteiger partial charge on any atom is 0.0120 e. The summed E-state index contributed by atoms with van der Waals surface area (Å²) in [6.45, 7) is 13.7. The van der Waals surface area contributed by atoms with Crippen molar-refractivity contribution >= 4 is 0 Å². The van der Waals surface area contributed by atoms with Gasteiger partial charge in [0.1, 0.15) is 0 Å². The van der Waals surface area contributed by atoms with Gasteiger partial charge in [0.05, 0.1) is 0 Å². The fourth-order valence-electron chi connectivity index (χ4n) is 3.38. The first-order chi connectivity index (χ1) is 8.17. The molecule has 2 aliphatic heterocycles. The quantitative estimate of drug-likeness (QED) is 0.746. The van der Waals surface area contributed by atoms with Gasteiger partial charge in [0.15, 0.2) is 0 Å². The van der Waals surface area contributed by atoms with Crippen LogP contribution in [0, 0.1) is 5.41 Å². The molecule has 0 radical (unpaired) electrons. The van der Waals surface area contributed by atoms with E-state index in [1.807, 2.05) is 0 Å². The molecule has 2 fully saturated rings. The standard InChI is InChI=1S/C15H30N2/c1-4-15(3)8-12-17(13-9-15)14-6-10-16(5-2)11-7-14/h14H,4-13H2,1-3H3. The van der Waals surface area contributed by atoms with E-state index in [4.69, 9.17) is 0 Å². The highest BCUT2D eigenvalue weighted by Crippen LogP contribution is 2.35. The predicted octanol–water partition coefficient (Wildman–Crippen LogP) is 2.98. The van der Waals surface area contributed by atoms with E-state index in [-0.39, 0.29) is 0 Å². The highest BCUT2D eigenvalue weighted by atomic mass is 15.2. The van der Waals surface area contributed by atoms with E-state index in [0.29, 0.717) is 5.41 Å². The van der Waals surface area contributed by atoms with Crippen molar-refractivity contribution < 1.29 is 0 Å². The molecule has 0 spiro atoms. The van der Waals surface area contributed by atoms with Crippen molar-refractivity contribution in [3.8, 4) is 0 Å². The Hall–Kier alpha value is -0.0800. The molecule has 0 aliphatic carbocycles. The van der Waals surface area contributed by atoms with Gasteiger partial charge in [-0.05, 0) is 63.8 Å². The van der Waals surface area contributed by atoms with Crippen molar-refractivity contribution in [3.05, 3.63) is 0 Å². The van der Waals surface area contributed by atoms with Crippen LogP contribution < -0.4 is 0 Å². The lowest BCUT2D eigenvalue weighted by atomic mass is 9.77. The molecule has 100 valence electrons. The van der Waals surface area contributed by atoms with Gasteiger partial charge in [-0.2, -0.15) is 0 Å². The second-order valence-electron chi connectivity index (χ2n) is 6.37. The van der Waals surface area contributed by atoms with Crippen LogP contribution in [0.3, 0.4) is 0 Å². The molecule has 2 rings (SSSR count). The van der Waals surface area contributed by atoms with E-state index in [9.17, 15) is 0 Å². The summed E-state index contributed by atoms with van der Waals surface area (Å²) in [5, 5.41) is 0. The largest absolute Gasteiger partial charge is 0.303 e. The molecule has 2 saturated heterocycles. The smallest absolute Gasteiger partial charge is 0.0120 e. The van der Waals surface area contributed by atoms with Gasteiger partial charge in [-0.15, -0.1) is 0 Å². The average molecular weight is 238 g/mol. The highest BCUT2D eigenvalue weighted by Gasteiger charge is 2.32. The van der Waals surface area contributed by atoms with E-state index in [2.05, 4.69) is 30.6 Å². The second kappa shape index (κ2) is 5.71. The summed E-state index contributed by atoms with van der Waals surface area (Å²) in [6, 6.07) is 0.888. The van der Waals surface area contributed by atoms with Crippen LogP contribution in [0.15, 0.2) is 0 Å². The molecule has 0 atom stereocenters. The Morgan fingerprint density at radius 3 is 2.06 bits per heavy atom. The molecule has 0 bridgehead atoms. The van der Waals surface area contributed by atoms with E-state index in [1.165, 1.54) is 64.8 Å². The number of likely N-dealkylation sites (tertiary alicyclic amines) is 2. The number of hydrogen-bond acceptors (Lipinski definition) is 2. The third-order valence-corrected chi connectivity index (χ3v) is 5.38. The first-order valence-corrected chi connectivity index (χ1v) is 7.63. The van der Waals surface area contributed by atoms with Gasteiger partial charge in [0.2, 0.25) is 0 Å². The van der Waals surface area contributed by atoms with Gasteiger partial charge in [-0.1, -0.05) is 27.2 Å². The van der Waals surface area contributed by atoms with E-state index < -0.39 is 0 Å². The summed E-state index contributed by atoms with van der Waals surface area (Å²) < 4.78 is 0. The zero-order valence-electron chi connectivity index (χ0n) is 12.0.